The highest BCUT2D eigenvalue weighted by molar-refractivity contribution is 9.10. The topological polar surface area (TPSA) is 79.8 Å². The molecule has 2 N–H and O–H groups in total. The molecule has 0 aliphatic rings. The minimum Gasteiger partial charge on any atom is -0.365 e. The Morgan fingerprint density at radius 2 is 1.88 bits per heavy atom. The third-order valence-electron chi connectivity index (χ3n) is 3.56. The number of pyridine rings is 1. The highest BCUT2D eigenvalue weighted by atomic mass is 79.9. The summed E-state index contributed by atoms with van der Waals surface area (Å²) >= 11 is 3.40. The fourth-order valence-corrected chi connectivity index (χ4v) is 2.67. The van der Waals surface area contributed by atoms with E-state index in [2.05, 4.69) is 41.7 Å². The van der Waals surface area contributed by atoms with Crippen molar-refractivity contribution in [1.82, 2.24) is 15.2 Å². The number of hydrogen-bond acceptors (Lipinski definition) is 5. The van der Waals surface area contributed by atoms with Gasteiger partial charge in [0, 0.05) is 29.1 Å². The Hall–Kier alpha value is -2.80. The van der Waals surface area contributed by atoms with Crippen LogP contribution in [0.1, 0.15) is 21.6 Å². The van der Waals surface area contributed by atoms with Gasteiger partial charge in [0.05, 0.1) is 0 Å². The molecule has 0 aliphatic carbocycles. The van der Waals surface area contributed by atoms with Gasteiger partial charge in [-0.2, -0.15) is 0 Å². The first-order valence-electron chi connectivity index (χ1n) is 7.66. The van der Waals surface area contributed by atoms with Gasteiger partial charge in [0.1, 0.15) is 5.82 Å². The minimum atomic E-state index is -0.293. The summed E-state index contributed by atoms with van der Waals surface area (Å²) in [7, 11) is 0. The Kier molecular flexibility index (Phi) is 5.35. The van der Waals surface area contributed by atoms with Crippen LogP contribution in [-0.2, 0) is 6.54 Å². The van der Waals surface area contributed by atoms with Crippen LogP contribution in [0.15, 0.2) is 59.3 Å². The zero-order valence-corrected chi connectivity index (χ0v) is 15.1. The van der Waals surface area contributed by atoms with E-state index in [9.17, 15) is 4.79 Å². The van der Waals surface area contributed by atoms with Crippen molar-refractivity contribution in [2.24, 2.45) is 0 Å². The third kappa shape index (κ3) is 4.60. The molecule has 0 radical (unpaired) electrons. The van der Waals surface area contributed by atoms with Crippen molar-refractivity contribution in [1.29, 1.82) is 0 Å². The van der Waals surface area contributed by atoms with Crippen LogP contribution in [0.4, 0.5) is 11.5 Å². The zero-order chi connectivity index (χ0) is 17.6. The van der Waals surface area contributed by atoms with Crippen LogP contribution >= 0.6 is 15.9 Å². The van der Waals surface area contributed by atoms with Crippen LogP contribution in [0.3, 0.4) is 0 Å². The number of anilines is 2. The maximum absolute atomic E-state index is 12.3. The number of nitrogens with zero attached hydrogens (tertiary/aromatic N) is 3. The fraction of sp³-hybridized carbons (Fsp3) is 0.111. The molecule has 1 amide bonds. The van der Waals surface area contributed by atoms with Crippen molar-refractivity contribution < 1.29 is 4.79 Å². The molecule has 0 spiro atoms. The summed E-state index contributed by atoms with van der Waals surface area (Å²) in [4.78, 5) is 16.3. The Morgan fingerprint density at radius 1 is 1.08 bits per heavy atom. The molecule has 1 aromatic carbocycles. The SMILES string of the molecule is Cc1cc(Br)ccc1NC(=O)c1ccc(NCc2ccncc2)nn1. The van der Waals surface area contributed by atoms with Gasteiger partial charge in [-0.25, -0.2) is 0 Å². The number of halogens is 1. The predicted octanol–water partition coefficient (Wildman–Crippen LogP) is 3.81. The molecule has 0 unspecified atom stereocenters. The van der Waals surface area contributed by atoms with E-state index in [0.717, 1.165) is 21.3 Å². The molecule has 3 aromatic rings. The molecular formula is C18H16BrN5O. The molecule has 0 fully saturated rings. The normalized spacial score (nSPS) is 10.3. The maximum atomic E-state index is 12.3. The number of rotatable bonds is 5. The van der Waals surface area contributed by atoms with Crippen LogP contribution in [-0.4, -0.2) is 21.1 Å². The van der Waals surface area contributed by atoms with Gasteiger partial charge in [-0.15, -0.1) is 10.2 Å². The molecule has 0 atom stereocenters. The second-order valence-corrected chi connectivity index (χ2v) is 6.34. The molecular weight excluding hydrogens is 382 g/mol. The fourth-order valence-electron chi connectivity index (χ4n) is 2.19. The molecule has 3 rings (SSSR count). The highest BCUT2D eigenvalue weighted by Gasteiger charge is 2.10. The molecule has 126 valence electrons. The maximum Gasteiger partial charge on any atom is 0.276 e. The molecule has 2 heterocycles. The Labute approximate surface area is 153 Å². The van der Waals surface area contributed by atoms with Gasteiger partial charge in [-0.05, 0) is 60.5 Å². The highest BCUT2D eigenvalue weighted by Crippen LogP contribution is 2.20. The lowest BCUT2D eigenvalue weighted by molar-refractivity contribution is 0.102. The summed E-state index contributed by atoms with van der Waals surface area (Å²) in [6.07, 6.45) is 3.47. The van der Waals surface area contributed by atoms with Crippen LogP contribution in [0, 0.1) is 6.92 Å². The first-order valence-corrected chi connectivity index (χ1v) is 8.45. The van der Waals surface area contributed by atoms with Gasteiger partial charge in [-0.1, -0.05) is 15.9 Å². The minimum absolute atomic E-state index is 0.261. The van der Waals surface area contributed by atoms with Crippen molar-refractivity contribution in [3.63, 3.8) is 0 Å². The number of benzene rings is 1. The molecule has 2 aromatic heterocycles. The lowest BCUT2D eigenvalue weighted by atomic mass is 10.2. The smallest absolute Gasteiger partial charge is 0.276 e. The Balaban J connectivity index is 1.62. The van der Waals surface area contributed by atoms with E-state index in [-0.39, 0.29) is 11.6 Å². The summed E-state index contributed by atoms with van der Waals surface area (Å²) < 4.78 is 0.965. The summed E-state index contributed by atoms with van der Waals surface area (Å²) in [5.74, 6) is 0.312. The number of aromatic nitrogens is 3. The van der Waals surface area contributed by atoms with E-state index >= 15 is 0 Å². The lowest BCUT2D eigenvalue weighted by Gasteiger charge is -2.09. The van der Waals surface area contributed by atoms with E-state index in [0.29, 0.717) is 12.4 Å². The van der Waals surface area contributed by atoms with E-state index in [1.54, 1.807) is 24.5 Å². The molecule has 0 saturated carbocycles. The number of nitrogens with one attached hydrogen (secondary N) is 2. The molecule has 6 nitrogen and oxygen atoms in total. The monoisotopic (exact) mass is 397 g/mol. The second kappa shape index (κ2) is 7.85. The number of carbonyl (C=O) groups excluding carboxylic acids is 1. The predicted molar refractivity (Wildman–Crippen MR) is 100 cm³/mol. The van der Waals surface area contributed by atoms with Gasteiger partial charge in [0.15, 0.2) is 5.69 Å². The quantitative estimate of drug-likeness (QED) is 0.684. The van der Waals surface area contributed by atoms with Crippen molar-refractivity contribution in [3.05, 3.63) is 76.2 Å². The summed E-state index contributed by atoms with van der Waals surface area (Å²) in [6.45, 7) is 2.54. The lowest BCUT2D eigenvalue weighted by Crippen LogP contribution is -2.15. The Morgan fingerprint density at radius 3 is 2.56 bits per heavy atom. The summed E-state index contributed by atoms with van der Waals surface area (Å²) in [5, 5.41) is 14.0. The summed E-state index contributed by atoms with van der Waals surface area (Å²) in [6, 6.07) is 12.9. The van der Waals surface area contributed by atoms with E-state index in [1.807, 2.05) is 37.3 Å². The molecule has 7 heteroatoms. The van der Waals surface area contributed by atoms with Crippen LogP contribution in [0.5, 0.6) is 0 Å². The van der Waals surface area contributed by atoms with Crippen molar-refractivity contribution >= 4 is 33.3 Å². The molecule has 0 saturated heterocycles. The second-order valence-electron chi connectivity index (χ2n) is 5.43. The van der Waals surface area contributed by atoms with Gasteiger partial charge >= 0.3 is 0 Å². The first-order chi connectivity index (χ1) is 12.1. The molecule has 25 heavy (non-hydrogen) atoms. The first kappa shape index (κ1) is 17.0. The van der Waals surface area contributed by atoms with Crippen LogP contribution < -0.4 is 10.6 Å². The number of hydrogen-bond donors (Lipinski definition) is 2. The Bertz CT molecular complexity index is 868. The van der Waals surface area contributed by atoms with Gasteiger partial charge in [-0.3, -0.25) is 9.78 Å². The number of carbonyl (C=O) groups is 1. The molecule has 0 bridgehead atoms. The van der Waals surface area contributed by atoms with Crippen molar-refractivity contribution in [2.45, 2.75) is 13.5 Å². The van der Waals surface area contributed by atoms with Crippen LogP contribution in [0.2, 0.25) is 0 Å². The van der Waals surface area contributed by atoms with Crippen molar-refractivity contribution in [3.8, 4) is 0 Å². The average Bonchev–Trinajstić information content (AvgIpc) is 2.63. The standard InChI is InChI=1S/C18H16BrN5O/c1-12-10-14(19)2-3-15(12)22-18(25)16-4-5-17(24-23-16)21-11-13-6-8-20-9-7-13/h2-10H,11H2,1H3,(H,21,24)(H,22,25). The third-order valence-corrected chi connectivity index (χ3v) is 4.05. The van der Waals surface area contributed by atoms with E-state index in [4.69, 9.17) is 0 Å². The van der Waals surface area contributed by atoms with E-state index < -0.39 is 0 Å². The largest absolute Gasteiger partial charge is 0.365 e. The molecule has 0 aliphatic heterocycles. The van der Waals surface area contributed by atoms with Crippen LogP contribution in [0.25, 0.3) is 0 Å². The van der Waals surface area contributed by atoms with Crippen molar-refractivity contribution in [2.75, 3.05) is 10.6 Å². The van der Waals surface area contributed by atoms with E-state index in [1.165, 1.54) is 0 Å². The summed E-state index contributed by atoms with van der Waals surface area (Å²) in [5.41, 5.74) is 3.06. The van der Waals surface area contributed by atoms with Gasteiger partial charge in [0.25, 0.3) is 5.91 Å². The zero-order valence-electron chi connectivity index (χ0n) is 13.5. The number of aryl methyl sites for hydroxylation is 1. The average molecular weight is 398 g/mol. The van der Waals surface area contributed by atoms with Gasteiger partial charge < -0.3 is 10.6 Å². The van der Waals surface area contributed by atoms with Gasteiger partial charge in [0.2, 0.25) is 0 Å². The number of amides is 1.